The molecule has 2 bridgehead atoms. The molecule has 5 nitrogen and oxygen atoms in total. The summed E-state index contributed by atoms with van der Waals surface area (Å²) in [6.07, 6.45) is 7.12. The highest BCUT2D eigenvalue weighted by atomic mass is 16.3. The first-order valence-corrected chi connectivity index (χ1v) is 8.87. The Hall–Kier alpha value is -1.10. The summed E-state index contributed by atoms with van der Waals surface area (Å²) < 4.78 is 0. The van der Waals surface area contributed by atoms with Gasteiger partial charge in [-0.1, -0.05) is 12.8 Å². The Morgan fingerprint density at radius 1 is 1.14 bits per heavy atom. The average Bonchev–Trinajstić information content (AvgIpc) is 3.20. The summed E-state index contributed by atoms with van der Waals surface area (Å²) in [7, 11) is 0. The maximum atomic E-state index is 12.4. The molecule has 5 heteroatoms. The molecule has 1 heterocycles. The van der Waals surface area contributed by atoms with Gasteiger partial charge in [0, 0.05) is 13.0 Å². The molecule has 2 amide bonds. The van der Waals surface area contributed by atoms with E-state index < -0.39 is 0 Å². The SMILES string of the molecule is O=C(CC1CCCC1)NCC(=O)N1CC2CC3CC2C1C3O. The van der Waals surface area contributed by atoms with E-state index in [2.05, 4.69) is 5.32 Å². The van der Waals surface area contributed by atoms with Gasteiger partial charge in [0.2, 0.25) is 11.8 Å². The topological polar surface area (TPSA) is 69.6 Å². The fourth-order valence-corrected chi connectivity index (χ4v) is 5.52. The Balaban J connectivity index is 1.29. The van der Waals surface area contributed by atoms with E-state index in [-0.39, 0.29) is 30.5 Å². The van der Waals surface area contributed by atoms with Crippen molar-refractivity contribution in [3.05, 3.63) is 0 Å². The molecule has 4 fully saturated rings. The average molecular weight is 306 g/mol. The van der Waals surface area contributed by atoms with E-state index in [1.54, 1.807) is 0 Å². The quantitative estimate of drug-likeness (QED) is 0.811. The first-order chi connectivity index (χ1) is 10.6. The van der Waals surface area contributed by atoms with E-state index in [1.807, 2.05) is 4.90 Å². The molecule has 5 unspecified atom stereocenters. The molecular formula is C17H26N2O3. The van der Waals surface area contributed by atoms with Crippen molar-refractivity contribution >= 4 is 11.8 Å². The number of fused-ring (bicyclic) bond motifs is 1. The van der Waals surface area contributed by atoms with Gasteiger partial charge in [-0.2, -0.15) is 0 Å². The summed E-state index contributed by atoms with van der Waals surface area (Å²) in [4.78, 5) is 26.2. The van der Waals surface area contributed by atoms with E-state index in [4.69, 9.17) is 0 Å². The van der Waals surface area contributed by atoms with Gasteiger partial charge in [0.25, 0.3) is 0 Å². The standard InChI is InChI=1S/C17H26N2O3/c20-14(5-10-3-1-2-4-10)18-8-15(21)19-9-12-6-11-7-13(12)16(19)17(11)22/h10-13,16-17,22H,1-9H2,(H,18,20). The molecule has 4 aliphatic rings. The number of carbonyl (C=O) groups excluding carboxylic acids is 2. The van der Waals surface area contributed by atoms with Crippen molar-refractivity contribution in [2.45, 2.75) is 57.1 Å². The van der Waals surface area contributed by atoms with Crippen LogP contribution in [0.5, 0.6) is 0 Å². The number of hydrogen-bond donors (Lipinski definition) is 2. The largest absolute Gasteiger partial charge is 0.391 e. The van der Waals surface area contributed by atoms with Crippen LogP contribution in [-0.4, -0.2) is 47.1 Å². The molecule has 22 heavy (non-hydrogen) atoms. The first kappa shape index (κ1) is 14.5. The van der Waals surface area contributed by atoms with Crippen LogP contribution in [0.15, 0.2) is 0 Å². The zero-order valence-corrected chi connectivity index (χ0v) is 13.0. The highest BCUT2D eigenvalue weighted by Gasteiger charge is 2.59. The van der Waals surface area contributed by atoms with Crippen molar-refractivity contribution in [3.63, 3.8) is 0 Å². The lowest BCUT2D eigenvalue weighted by molar-refractivity contribution is -0.135. The first-order valence-electron chi connectivity index (χ1n) is 8.87. The Labute approximate surface area is 131 Å². The second-order valence-electron chi connectivity index (χ2n) is 7.81. The van der Waals surface area contributed by atoms with Gasteiger partial charge in [-0.15, -0.1) is 0 Å². The number of nitrogens with zero attached hydrogens (tertiary/aromatic N) is 1. The zero-order chi connectivity index (χ0) is 15.3. The maximum Gasteiger partial charge on any atom is 0.242 e. The molecule has 5 atom stereocenters. The smallest absolute Gasteiger partial charge is 0.242 e. The third-order valence-electron chi connectivity index (χ3n) is 6.55. The van der Waals surface area contributed by atoms with Crippen LogP contribution in [0.3, 0.4) is 0 Å². The molecule has 0 aromatic rings. The number of hydrogen-bond acceptors (Lipinski definition) is 3. The van der Waals surface area contributed by atoms with Gasteiger partial charge in [-0.25, -0.2) is 0 Å². The van der Waals surface area contributed by atoms with Gasteiger partial charge in [0.1, 0.15) is 0 Å². The third kappa shape index (κ3) is 2.34. The van der Waals surface area contributed by atoms with Gasteiger partial charge in [-0.3, -0.25) is 9.59 Å². The fourth-order valence-electron chi connectivity index (χ4n) is 5.52. The number of amides is 2. The number of aliphatic hydroxyl groups is 1. The predicted octanol–water partition coefficient (Wildman–Crippen LogP) is 0.911. The maximum absolute atomic E-state index is 12.4. The summed E-state index contributed by atoms with van der Waals surface area (Å²) in [5, 5.41) is 13.1. The van der Waals surface area contributed by atoms with Crippen molar-refractivity contribution in [2.24, 2.45) is 23.7 Å². The molecule has 1 aliphatic heterocycles. The minimum absolute atomic E-state index is 0.00673. The second kappa shape index (κ2) is 5.52. The molecule has 122 valence electrons. The monoisotopic (exact) mass is 306 g/mol. The van der Waals surface area contributed by atoms with Crippen LogP contribution in [0.2, 0.25) is 0 Å². The van der Waals surface area contributed by atoms with Gasteiger partial charge >= 0.3 is 0 Å². The number of aliphatic hydroxyl groups excluding tert-OH is 1. The van der Waals surface area contributed by atoms with Crippen molar-refractivity contribution in [1.29, 1.82) is 0 Å². The molecule has 0 aromatic carbocycles. The van der Waals surface area contributed by atoms with Crippen molar-refractivity contribution in [1.82, 2.24) is 10.2 Å². The number of likely N-dealkylation sites (tertiary alicyclic amines) is 1. The predicted molar refractivity (Wildman–Crippen MR) is 80.8 cm³/mol. The number of rotatable bonds is 4. The van der Waals surface area contributed by atoms with Gasteiger partial charge in [0.05, 0.1) is 18.7 Å². The Morgan fingerprint density at radius 2 is 1.91 bits per heavy atom. The van der Waals surface area contributed by atoms with Crippen LogP contribution in [0, 0.1) is 23.7 Å². The summed E-state index contributed by atoms with van der Waals surface area (Å²) in [6.45, 7) is 0.874. The van der Waals surface area contributed by atoms with Crippen LogP contribution in [0.1, 0.15) is 44.9 Å². The highest BCUT2D eigenvalue weighted by Crippen LogP contribution is 2.54. The third-order valence-corrected chi connectivity index (χ3v) is 6.55. The van der Waals surface area contributed by atoms with Crippen molar-refractivity contribution in [2.75, 3.05) is 13.1 Å². The summed E-state index contributed by atoms with van der Waals surface area (Å²) in [6, 6.07) is 0.0167. The van der Waals surface area contributed by atoms with Gasteiger partial charge < -0.3 is 15.3 Å². The normalized spacial score (nSPS) is 39.7. The van der Waals surface area contributed by atoms with Crippen LogP contribution in [-0.2, 0) is 9.59 Å². The van der Waals surface area contributed by atoms with Gasteiger partial charge in [-0.05, 0) is 49.4 Å². The minimum Gasteiger partial charge on any atom is -0.391 e. The Bertz CT molecular complexity index is 473. The highest BCUT2D eigenvalue weighted by molar-refractivity contribution is 5.85. The molecular weight excluding hydrogens is 280 g/mol. The molecule has 0 spiro atoms. The lowest BCUT2D eigenvalue weighted by atomic mass is 9.88. The number of carbonyl (C=O) groups is 2. The van der Waals surface area contributed by atoms with E-state index in [1.165, 1.54) is 12.8 Å². The molecule has 1 saturated heterocycles. The number of nitrogens with one attached hydrogen (secondary N) is 1. The van der Waals surface area contributed by atoms with Crippen LogP contribution < -0.4 is 5.32 Å². The molecule has 0 aromatic heterocycles. The Morgan fingerprint density at radius 3 is 2.64 bits per heavy atom. The van der Waals surface area contributed by atoms with Crippen LogP contribution in [0.25, 0.3) is 0 Å². The van der Waals surface area contributed by atoms with E-state index >= 15 is 0 Å². The van der Waals surface area contributed by atoms with E-state index in [9.17, 15) is 14.7 Å². The molecule has 2 N–H and O–H groups in total. The minimum atomic E-state index is -0.345. The summed E-state index contributed by atoms with van der Waals surface area (Å²) in [5.41, 5.74) is 0. The van der Waals surface area contributed by atoms with Crippen LogP contribution >= 0.6 is 0 Å². The zero-order valence-electron chi connectivity index (χ0n) is 13.0. The second-order valence-corrected chi connectivity index (χ2v) is 7.81. The van der Waals surface area contributed by atoms with Crippen LogP contribution in [0.4, 0.5) is 0 Å². The van der Waals surface area contributed by atoms with E-state index in [0.717, 1.165) is 32.2 Å². The van der Waals surface area contributed by atoms with Crippen molar-refractivity contribution in [3.8, 4) is 0 Å². The molecule has 4 rings (SSSR count). The fraction of sp³-hybridized carbons (Fsp3) is 0.882. The molecule has 0 radical (unpaired) electrons. The summed E-state index contributed by atoms with van der Waals surface area (Å²) in [5.74, 6) is 1.98. The molecule has 3 aliphatic carbocycles. The van der Waals surface area contributed by atoms with Gasteiger partial charge in [0.15, 0.2) is 0 Å². The Kier molecular flexibility index (Phi) is 3.63. The van der Waals surface area contributed by atoms with Crippen molar-refractivity contribution < 1.29 is 14.7 Å². The van der Waals surface area contributed by atoms with E-state index in [0.29, 0.717) is 30.1 Å². The lowest BCUT2D eigenvalue weighted by Crippen LogP contribution is -2.47. The summed E-state index contributed by atoms with van der Waals surface area (Å²) >= 11 is 0. The molecule has 3 saturated carbocycles. The lowest BCUT2D eigenvalue weighted by Gasteiger charge is -2.29.